The fraction of sp³-hybridized carbons (Fsp3) is 0.190. The summed E-state index contributed by atoms with van der Waals surface area (Å²) in [6.07, 6.45) is 1.22. The Balaban J connectivity index is 2.11. The molecule has 0 amide bonds. The molecule has 0 N–H and O–H groups in total. The zero-order valence-corrected chi connectivity index (χ0v) is 17.3. The third-order valence-corrected chi connectivity index (χ3v) is 5.96. The average Bonchev–Trinajstić information content (AvgIpc) is 2.73. The second-order valence-electron chi connectivity index (χ2n) is 6.94. The highest BCUT2D eigenvalue weighted by Crippen LogP contribution is 2.40. The van der Waals surface area contributed by atoms with Crippen LogP contribution in [0.2, 0.25) is 0 Å². The van der Waals surface area contributed by atoms with Crippen molar-refractivity contribution in [1.82, 2.24) is 4.57 Å². The van der Waals surface area contributed by atoms with Crippen molar-refractivity contribution < 1.29 is 34.9 Å². The number of rotatable bonds is 4. The summed E-state index contributed by atoms with van der Waals surface area (Å²) in [5.74, 6) is -0.951. The number of halogens is 4. The monoisotopic (exact) mass is 469 g/mol. The first kappa shape index (κ1) is 21.9. The van der Waals surface area contributed by atoms with Crippen molar-refractivity contribution in [3.05, 3.63) is 70.4 Å². The molecule has 0 bridgehead atoms. The van der Waals surface area contributed by atoms with Gasteiger partial charge in [-0.3, -0.25) is 4.79 Å². The van der Waals surface area contributed by atoms with Crippen molar-refractivity contribution in [2.45, 2.75) is 18.5 Å². The maximum Gasteiger partial charge on any atom is 0.534 e. The van der Waals surface area contributed by atoms with Crippen LogP contribution in [0.1, 0.15) is 12.1 Å². The maximum atomic E-state index is 14.1. The molecule has 0 spiro atoms. The van der Waals surface area contributed by atoms with Gasteiger partial charge in [-0.1, -0.05) is 12.1 Å². The minimum absolute atomic E-state index is 0.0554. The zero-order valence-electron chi connectivity index (χ0n) is 16.4. The number of hydrogen-bond acceptors (Lipinski definition) is 5. The molecule has 0 saturated carbocycles. The molecule has 168 valence electrons. The zero-order chi connectivity index (χ0) is 23.3. The van der Waals surface area contributed by atoms with E-state index in [2.05, 4.69) is 4.18 Å². The highest BCUT2D eigenvalue weighted by molar-refractivity contribution is 7.87. The van der Waals surface area contributed by atoms with Gasteiger partial charge in [0, 0.05) is 22.9 Å². The molecule has 3 aromatic rings. The number of pyridine rings is 1. The molecule has 1 aromatic heterocycles. The van der Waals surface area contributed by atoms with Crippen LogP contribution in [0, 0.1) is 5.82 Å². The SMILES string of the molecule is COc1ccc2c(=O)n3c(c(-c4cccc(F)c4)c2c1)C(OS(=O)(=O)C(F)(F)F)=CCC3. The molecular formula is C21H15F4NO5S. The van der Waals surface area contributed by atoms with Crippen LogP contribution in [0.5, 0.6) is 5.75 Å². The Hall–Kier alpha value is -3.34. The van der Waals surface area contributed by atoms with E-state index in [0.717, 1.165) is 16.7 Å². The minimum atomic E-state index is -6.01. The predicted molar refractivity (Wildman–Crippen MR) is 109 cm³/mol. The summed E-state index contributed by atoms with van der Waals surface area (Å²) in [4.78, 5) is 13.1. The van der Waals surface area contributed by atoms with Gasteiger partial charge in [-0.25, -0.2) is 4.39 Å². The van der Waals surface area contributed by atoms with E-state index in [1.807, 2.05) is 0 Å². The molecule has 32 heavy (non-hydrogen) atoms. The summed E-state index contributed by atoms with van der Waals surface area (Å²) >= 11 is 0. The molecule has 2 heterocycles. The number of aromatic nitrogens is 1. The Labute approximate surface area is 179 Å². The van der Waals surface area contributed by atoms with Crippen molar-refractivity contribution in [3.8, 4) is 16.9 Å². The smallest absolute Gasteiger partial charge is 0.497 e. The number of alkyl halides is 3. The van der Waals surface area contributed by atoms with E-state index >= 15 is 0 Å². The quantitative estimate of drug-likeness (QED) is 0.321. The lowest BCUT2D eigenvalue weighted by Gasteiger charge is -2.25. The Morgan fingerprint density at radius 2 is 1.81 bits per heavy atom. The molecule has 4 rings (SSSR count). The van der Waals surface area contributed by atoms with Gasteiger partial charge in [-0.15, -0.1) is 0 Å². The van der Waals surface area contributed by atoms with Crippen LogP contribution in [0.3, 0.4) is 0 Å². The van der Waals surface area contributed by atoms with Gasteiger partial charge in [0.1, 0.15) is 11.6 Å². The molecule has 11 heteroatoms. The van der Waals surface area contributed by atoms with Crippen molar-refractivity contribution in [3.63, 3.8) is 0 Å². The molecule has 0 atom stereocenters. The molecule has 6 nitrogen and oxygen atoms in total. The predicted octanol–water partition coefficient (Wildman–Crippen LogP) is 4.43. The van der Waals surface area contributed by atoms with E-state index in [4.69, 9.17) is 4.74 Å². The molecule has 0 aliphatic carbocycles. The molecule has 2 aromatic carbocycles. The van der Waals surface area contributed by atoms with Gasteiger partial charge in [0.2, 0.25) is 0 Å². The van der Waals surface area contributed by atoms with E-state index < -0.39 is 32.8 Å². The summed E-state index contributed by atoms with van der Waals surface area (Å²) in [6.45, 7) is 0.0668. The van der Waals surface area contributed by atoms with Crippen molar-refractivity contribution in [2.24, 2.45) is 0 Å². The number of nitrogens with zero attached hydrogens (tertiary/aromatic N) is 1. The molecule has 1 aliphatic rings. The first-order valence-corrected chi connectivity index (χ1v) is 10.7. The van der Waals surface area contributed by atoms with Crippen LogP contribution in [-0.2, 0) is 20.8 Å². The van der Waals surface area contributed by atoms with Crippen LogP contribution in [0.15, 0.2) is 53.3 Å². The minimum Gasteiger partial charge on any atom is -0.497 e. The number of ether oxygens (including phenoxy) is 1. The second kappa shape index (κ2) is 7.66. The summed E-state index contributed by atoms with van der Waals surface area (Å²) in [5.41, 5.74) is -6.07. The lowest BCUT2D eigenvalue weighted by molar-refractivity contribution is -0.0509. The van der Waals surface area contributed by atoms with Crippen LogP contribution >= 0.6 is 0 Å². The van der Waals surface area contributed by atoms with Gasteiger partial charge < -0.3 is 13.5 Å². The van der Waals surface area contributed by atoms with E-state index in [-0.39, 0.29) is 40.6 Å². The molecule has 0 saturated heterocycles. The fourth-order valence-corrected chi connectivity index (χ4v) is 4.10. The van der Waals surface area contributed by atoms with Gasteiger partial charge in [0.05, 0.1) is 12.8 Å². The number of hydrogen-bond donors (Lipinski definition) is 0. The Morgan fingerprint density at radius 3 is 2.47 bits per heavy atom. The average molecular weight is 469 g/mol. The van der Waals surface area contributed by atoms with E-state index in [1.165, 1.54) is 43.5 Å². The normalized spacial score (nSPS) is 14.1. The van der Waals surface area contributed by atoms with Crippen LogP contribution in [0.25, 0.3) is 27.7 Å². The maximum absolute atomic E-state index is 14.1. The standard InChI is InChI=1S/C21H15F4NO5S/c1-30-14-7-8-15-16(11-14)18(12-4-2-5-13(22)10-12)19-17(6-3-9-26(19)20(15)27)31-32(28,29)21(23,24)25/h2,4-8,10-11H,3,9H2,1H3. The summed E-state index contributed by atoms with van der Waals surface area (Å²) in [6, 6.07) is 9.68. The summed E-state index contributed by atoms with van der Waals surface area (Å²) < 4.78 is 87.3. The molecular weight excluding hydrogens is 454 g/mol. The number of benzene rings is 2. The lowest BCUT2D eigenvalue weighted by atomic mass is 9.94. The van der Waals surface area contributed by atoms with Gasteiger partial charge >= 0.3 is 15.6 Å². The van der Waals surface area contributed by atoms with E-state index in [9.17, 15) is 30.8 Å². The Kier molecular flexibility index (Phi) is 5.24. The first-order valence-electron chi connectivity index (χ1n) is 9.25. The second-order valence-corrected chi connectivity index (χ2v) is 8.48. The van der Waals surface area contributed by atoms with Gasteiger partial charge in [0.15, 0.2) is 5.76 Å². The van der Waals surface area contributed by atoms with Crippen LogP contribution in [-0.4, -0.2) is 25.6 Å². The summed E-state index contributed by atoms with van der Waals surface area (Å²) in [7, 11) is -4.62. The van der Waals surface area contributed by atoms with Crippen molar-refractivity contribution in [2.75, 3.05) is 7.11 Å². The lowest BCUT2D eigenvalue weighted by Crippen LogP contribution is -2.30. The molecule has 0 fully saturated rings. The third kappa shape index (κ3) is 3.62. The van der Waals surface area contributed by atoms with Crippen molar-refractivity contribution in [1.29, 1.82) is 0 Å². The Bertz CT molecular complexity index is 1420. The van der Waals surface area contributed by atoms with Crippen LogP contribution in [0.4, 0.5) is 17.6 Å². The fourth-order valence-electron chi connectivity index (χ4n) is 3.62. The van der Waals surface area contributed by atoms with Gasteiger partial charge in [0.25, 0.3) is 5.56 Å². The highest BCUT2D eigenvalue weighted by atomic mass is 32.2. The van der Waals surface area contributed by atoms with E-state index in [0.29, 0.717) is 5.75 Å². The topological polar surface area (TPSA) is 74.6 Å². The van der Waals surface area contributed by atoms with Crippen LogP contribution < -0.4 is 10.3 Å². The number of methoxy groups -OCH3 is 1. The summed E-state index contributed by atoms with van der Waals surface area (Å²) in [5, 5.41) is 0.445. The molecule has 0 radical (unpaired) electrons. The molecule has 1 aliphatic heterocycles. The van der Waals surface area contributed by atoms with Gasteiger partial charge in [-0.05, 0) is 48.4 Å². The van der Waals surface area contributed by atoms with E-state index in [1.54, 1.807) is 0 Å². The highest BCUT2D eigenvalue weighted by Gasteiger charge is 2.49. The Morgan fingerprint density at radius 1 is 1.06 bits per heavy atom. The molecule has 0 unspecified atom stereocenters. The van der Waals surface area contributed by atoms with Gasteiger partial charge in [-0.2, -0.15) is 21.6 Å². The number of fused-ring (bicyclic) bond motifs is 2. The van der Waals surface area contributed by atoms with Crippen molar-refractivity contribution >= 4 is 26.6 Å². The first-order chi connectivity index (χ1) is 15.0. The largest absolute Gasteiger partial charge is 0.534 e. The number of allylic oxidation sites excluding steroid dienone is 1. The third-order valence-electron chi connectivity index (χ3n) is 4.99.